The summed E-state index contributed by atoms with van der Waals surface area (Å²) < 4.78 is 5.65. The summed E-state index contributed by atoms with van der Waals surface area (Å²) in [5, 5.41) is 9.07. The molecule has 3 nitrogen and oxygen atoms in total. The van der Waals surface area contributed by atoms with Crippen LogP contribution in [0, 0.1) is 0 Å². The summed E-state index contributed by atoms with van der Waals surface area (Å²) in [6.45, 7) is 4.84. The van der Waals surface area contributed by atoms with E-state index in [2.05, 4.69) is 31.0 Å². The molecule has 0 saturated carbocycles. The lowest BCUT2D eigenvalue weighted by atomic mass is 10.0. The van der Waals surface area contributed by atoms with Crippen LogP contribution in [-0.2, 0) is 11.3 Å². The van der Waals surface area contributed by atoms with E-state index >= 15 is 0 Å². The number of rotatable bonds is 3. The van der Waals surface area contributed by atoms with Crippen molar-refractivity contribution in [3.05, 3.63) is 59.7 Å². The second-order valence-corrected chi connectivity index (χ2v) is 5.95. The standard InChI is InChI=1S/C18H19NO2/c1-18(2)12-21-17(19-18)16-9-7-15(8-10-16)14-5-3-13(11-20)4-6-14/h3-10,20H,11-12H2,1-2H3. The molecule has 0 fully saturated rings. The highest BCUT2D eigenvalue weighted by atomic mass is 16.5. The van der Waals surface area contributed by atoms with E-state index < -0.39 is 0 Å². The molecule has 0 spiro atoms. The van der Waals surface area contributed by atoms with Crippen LogP contribution in [0.2, 0.25) is 0 Å². The molecule has 0 amide bonds. The fourth-order valence-corrected chi connectivity index (χ4v) is 2.34. The summed E-state index contributed by atoms with van der Waals surface area (Å²) in [4.78, 5) is 4.58. The van der Waals surface area contributed by atoms with Crippen molar-refractivity contribution < 1.29 is 9.84 Å². The second kappa shape index (κ2) is 5.34. The molecule has 0 bridgehead atoms. The van der Waals surface area contributed by atoms with Gasteiger partial charge in [0.25, 0.3) is 0 Å². The van der Waals surface area contributed by atoms with Gasteiger partial charge >= 0.3 is 0 Å². The first-order valence-corrected chi connectivity index (χ1v) is 7.11. The van der Waals surface area contributed by atoms with Crippen molar-refractivity contribution in [1.82, 2.24) is 0 Å². The molecule has 1 aliphatic heterocycles. The van der Waals surface area contributed by atoms with Gasteiger partial charge in [0.2, 0.25) is 5.90 Å². The van der Waals surface area contributed by atoms with E-state index in [0.29, 0.717) is 6.61 Å². The molecule has 0 atom stereocenters. The van der Waals surface area contributed by atoms with Crippen LogP contribution in [0.15, 0.2) is 53.5 Å². The zero-order chi connectivity index (χ0) is 14.9. The lowest BCUT2D eigenvalue weighted by molar-refractivity contribution is 0.279. The first-order chi connectivity index (χ1) is 10.1. The smallest absolute Gasteiger partial charge is 0.216 e. The van der Waals surface area contributed by atoms with Gasteiger partial charge in [0.1, 0.15) is 6.61 Å². The lowest BCUT2D eigenvalue weighted by Gasteiger charge is -2.07. The molecule has 1 aliphatic rings. The molecule has 2 aromatic carbocycles. The summed E-state index contributed by atoms with van der Waals surface area (Å²) in [7, 11) is 0. The summed E-state index contributed by atoms with van der Waals surface area (Å²) in [6.07, 6.45) is 0. The topological polar surface area (TPSA) is 41.8 Å². The minimum Gasteiger partial charge on any atom is -0.475 e. The van der Waals surface area contributed by atoms with Crippen molar-refractivity contribution in [3.63, 3.8) is 0 Å². The van der Waals surface area contributed by atoms with Crippen molar-refractivity contribution in [3.8, 4) is 11.1 Å². The van der Waals surface area contributed by atoms with Crippen LogP contribution in [0.3, 0.4) is 0 Å². The van der Waals surface area contributed by atoms with Crippen molar-refractivity contribution in [2.75, 3.05) is 6.61 Å². The highest BCUT2D eigenvalue weighted by Gasteiger charge is 2.26. The van der Waals surface area contributed by atoms with Crippen LogP contribution in [0.25, 0.3) is 11.1 Å². The van der Waals surface area contributed by atoms with Gasteiger partial charge in [-0.15, -0.1) is 0 Å². The van der Waals surface area contributed by atoms with Gasteiger partial charge in [-0.25, -0.2) is 4.99 Å². The third kappa shape index (κ3) is 2.98. The predicted octanol–water partition coefficient (Wildman–Crippen LogP) is 3.40. The number of ether oxygens (including phenoxy) is 1. The van der Waals surface area contributed by atoms with Gasteiger partial charge in [0, 0.05) is 5.56 Å². The van der Waals surface area contributed by atoms with Gasteiger partial charge in [0.15, 0.2) is 0 Å². The first-order valence-electron chi connectivity index (χ1n) is 7.11. The Hall–Kier alpha value is -2.13. The van der Waals surface area contributed by atoms with Crippen LogP contribution < -0.4 is 0 Å². The Bertz CT molecular complexity index is 655. The predicted molar refractivity (Wildman–Crippen MR) is 84.4 cm³/mol. The maximum absolute atomic E-state index is 9.07. The van der Waals surface area contributed by atoms with Gasteiger partial charge in [-0.1, -0.05) is 36.4 Å². The molecule has 108 valence electrons. The van der Waals surface area contributed by atoms with E-state index in [1.807, 2.05) is 36.4 Å². The number of hydrogen-bond acceptors (Lipinski definition) is 3. The Labute approximate surface area is 124 Å². The van der Waals surface area contributed by atoms with Crippen LogP contribution in [0.5, 0.6) is 0 Å². The molecular weight excluding hydrogens is 262 g/mol. The van der Waals surface area contributed by atoms with Gasteiger partial charge in [0.05, 0.1) is 12.1 Å². The Morgan fingerprint density at radius 1 is 0.952 bits per heavy atom. The number of nitrogens with zero attached hydrogens (tertiary/aromatic N) is 1. The number of aliphatic hydroxyl groups is 1. The molecule has 0 aromatic heterocycles. The minimum atomic E-state index is -0.131. The average Bonchev–Trinajstić information content (AvgIpc) is 2.88. The maximum Gasteiger partial charge on any atom is 0.216 e. The summed E-state index contributed by atoms with van der Waals surface area (Å²) >= 11 is 0. The van der Waals surface area contributed by atoms with Gasteiger partial charge in [-0.3, -0.25) is 0 Å². The molecule has 0 saturated heterocycles. The van der Waals surface area contributed by atoms with Crippen LogP contribution >= 0.6 is 0 Å². The van der Waals surface area contributed by atoms with Gasteiger partial charge in [-0.2, -0.15) is 0 Å². The molecule has 3 heteroatoms. The Balaban J connectivity index is 1.84. The Morgan fingerprint density at radius 2 is 1.48 bits per heavy atom. The Morgan fingerprint density at radius 3 is 1.95 bits per heavy atom. The molecule has 0 aliphatic carbocycles. The van der Waals surface area contributed by atoms with E-state index in [-0.39, 0.29) is 12.1 Å². The monoisotopic (exact) mass is 281 g/mol. The van der Waals surface area contributed by atoms with Crippen molar-refractivity contribution in [2.45, 2.75) is 26.0 Å². The summed E-state index contributed by atoms with van der Waals surface area (Å²) in [6, 6.07) is 16.1. The van der Waals surface area contributed by atoms with Crippen molar-refractivity contribution in [2.24, 2.45) is 4.99 Å². The molecule has 0 unspecified atom stereocenters. The molecule has 2 aromatic rings. The number of aliphatic imine (C=N–C) groups is 1. The zero-order valence-corrected chi connectivity index (χ0v) is 12.3. The average molecular weight is 281 g/mol. The molecule has 21 heavy (non-hydrogen) atoms. The maximum atomic E-state index is 9.07. The second-order valence-electron chi connectivity index (χ2n) is 5.95. The third-order valence-electron chi connectivity index (χ3n) is 3.57. The number of benzene rings is 2. The van der Waals surface area contributed by atoms with Crippen LogP contribution in [0.4, 0.5) is 0 Å². The van der Waals surface area contributed by atoms with E-state index in [4.69, 9.17) is 9.84 Å². The molecule has 0 radical (unpaired) electrons. The van der Waals surface area contributed by atoms with Crippen molar-refractivity contribution in [1.29, 1.82) is 0 Å². The minimum absolute atomic E-state index is 0.0756. The summed E-state index contributed by atoms with van der Waals surface area (Å²) in [5.41, 5.74) is 4.07. The van der Waals surface area contributed by atoms with Gasteiger partial charge < -0.3 is 9.84 Å². The quantitative estimate of drug-likeness (QED) is 0.937. The van der Waals surface area contributed by atoms with Crippen molar-refractivity contribution >= 4 is 5.90 Å². The van der Waals surface area contributed by atoms with Crippen LogP contribution in [-0.4, -0.2) is 23.2 Å². The lowest BCUT2D eigenvalue weighted by Crippen LogP contribution is -2.17. The zero-order valence-electron chi connectivity index (χ0n) is 12.3. The van der Waals surface area contributed by atoms with E-state index in [0.717, 1.165) is 28.2 Å². The normalized spacial score (nSPS) is 16.4. The molecule has 3 rings (SSSR count). The van der Waals surface area contributed by atoms with E-state index in [9.17, 15) is 0 Å². The third-order valence-corrected chi connectivity index (χ3v) is 3.57. The van der Waals surface area contributed by atoms with E-state index in [1.54, 1.807) is 0 Å². The highest BCUT2D eigenvalue weighted by molar-refractivity contribution is 5.95. The molecule has 1 N–H and O–H groups in total. The molecule has 1 heterocycles. The molecular formula is C18H19NO2. The van der Waals surface area contributed by atoms with E-state index in [1.165, 1.54) is 0 Å². The fraction of sp³-hybridized carbons (Fsp3) is 0.278. The number of hydrogen-bond donors (Lipinski definition) is 1. The highest BCUT2D eigenvalue weighted by Crippen LogP contribution is 2.24. The van der Waals surface area contributed by atoms with Crippen LogP contribution in [0.1, 0.15) is 25.0 Å². The SMILES string of the molecule is CC1(C)COC(c2ccc(-c3ccc(CO)cc3)cc2)=N1. The number of aliphatic hydroxyl groups excluding tert-OH is 1. The van der Waals surface area contributed by atoms with Gasteiger partial charge in [-0.05, 0) is 42.7 Å². The largest absolute Gasteiger partial charge is 0.475 e. The summed E-state index contributed by atoms with van der Waals surface area (Å²) in [5.74, 6) is 0.724. The first kappa shape index (κ1) is 13.8. The fourth-order valence-electron chi connectivity index (χ4n) is 2.34. The Kier molecular flexibility index (Phi) is 3.52.